The highest BCUT2D eigenvalue weighted by Crippen LogP contribution is 2.28. The summed E-state index contributed by atoms with van der Waals surface area (Å²) in [6, 6.07) is 4.74. The molecule has 2 N–H and O–H groups in total. The molecule has 1 aromatic carbocycles. The maximum atomic E-state index is 10.8. The molecule has 0 atom stereocenters. The fraction of sp³-hybridized carbons (Fsp3) is 0.500. The third-order valence-corrected chi connectivity index (χ3v) is 3.92. The van der Waals surface area contributed by atoms with Gasteiger partial charge in [-0.25, -0.2) is 0 Å². The Kier molecular flexibility index (Phi) is 5.51. The summed E-state index contributed by atoms with van der Waals surface area (Å²) in [6.07, 6.45) is 2.07. The molecule has 0 bridgehead atoms. The minimum Gasteiger partial charge on any atom is -0.494 e. The van der Waals surface area contributed by atoms with E-state index in [1.807, 2.05) is 0 Å². The van der Waals surface area contributed by atoms with Gasteiger partial charge in [-0.3, -0.25) is 10.1 Å². The highest BCUT2D eigenvalue weighted by Gasteiger charge is 2.18. The molecule has 8 heteroatoms. The SMILES string of the molecule is COc1cc([N+](=O)[O-])ccc1NC(=S)NC1CCN(C)CC1. The van der Waals surface area contributed by atoms with Gasteiger partial charge >= 0.3 is 0 Å². The van der Waals surface area contributed by atoms with Crippen molar-refractivity contribution < 1.29 is 9.66 Å². The van der Waals surface area contributed by atoms with Crippen molar-refractivity contribution in [1.29, 1.82) is 0 Å². The fourth-order valence-corrected chi connectivity index (χ4v) is 2.67. The van der Waals surface area contributed by atoms with E-state index in [0.29, 0.717) is 22.6 Å². The number of likely N-dealkylation sites (tertiary alicyclic amines) is 1. The van der Waals surface area contributed by atoms with Crippen molar-refractivity contribution in [3.05, 3.63) is 28.3 Å². The Morgan fingerprint density at radius 3 is 2.73 bits per heavy atom. The lowest BCUT2D eigenvalue weighted by atomic mass is 10.1. The second kappa shape index (κ2) is 7.37. The summed E-state index contributed by atoms with van der Waals surface area (Å²) in [5, 5.41) is 17.6. The number of non-ortho nitro benzene ring substituents is 1. The van der Waals surface area contributed by atoms with Crippen LogP contribution in [0.4, 0.5) is 11.4 Å². The second-order valence-corrected chi connectivity index (χ2v) is 5.73. The molecule has 0 aromatic heterocycles. The Balaban J connectivity index is 1.97. The van der Waals surface area contributed by atoms with Crippen LogP contribution in [0.5, 0.6) is 5.75 Å². The van der Waals surface area contributed by atoms with E-state index in [-0.39, 0.29) is 5.69 Å². The van der Waals surface area contributed by atoms with Crippen LogP contribution < -0.4 is 15.4 Å². The Morgan fingerprint density at radius 1 is 1.45 bits per heavy atom. The number of rotatable bonds is 4. The third-order valence-electron chi connectivity index (χ3n) is 3.70. The quantitative estimate of drug-likeness (QED) is 0.498. The second-order valence-electron chi connectivity index (χ2n) is 5.32. The number of thiocarbonyl (C=S) groups is 1. The molecule has 1 saturated heterocycles. The molecule has 7 nitrogen and oxygen atoms in total. The van der Waals surface area contributed by atoms with Gasteiger partial charge in [0.2, 0.25) is 0 Å². The van der Waals surface area contributed by atoms with Gasteiger partial charge in [0.25, 0.3) is 5.69 Å². The third kappa shape index (κ3) is 4.28. The van der Waals surface area contributed by atoms with E-state index in [1.165, 1.54) is 19.2 Å². The maximum Gasteiger partial charge on any atom is 0.273 e. The molecule has 1 aliphatic rings. The lowest BCUT2D eigenvalue weighted by molar-refractivity contribution is -0.384. The standard InChI is InChI=1S/C14H20N4O3S/c1-17-7-5-10(6-8-17)15-14(22)16-12-4-3-11(18(19)20)9-13(12)21-2/h3-4,9-10H,5-8H2,1-2H3,(H2,15,16,22). The zero-order chi connectivity index (χ0) is 16.1. The predicted molar refractivity (Wildman–Crippen MR) is 89.5 cm³/mol. The number of anilines is 1. The van der Waals surface area contributed by atoms with Crippen molar-refractivity contribution in [2.45, 2.75) is 18.9 Å². The van der Waals surface area contributed by atoms with E-state index in [0.717, 1.165) is 25.9 Å². The molecule has 1 fully saturated rings. The lowest BCUT2D eigenvalue weighted by Crippen LogP contribution is -2.44. The van der Waals surface area contributed by atoms with Crippen LogP contribution in [0.2, 0.25) is 0 Å². The Hall–Kier alpha value is -1.93. The van der Waals surface area contributed by atoms with Crippen LogP contribution in [0.15, 0.2) is 18.2 Å². The first-order chi connectivity index (χ1) is 10.5. The normalized spacial score (nSPS) is 16.1. The molecule has 0 unspecified atom stereocenters. The van der Waals surface area contributed by atoms with Crippen molar-refractivity contribution in [1.82, 2.24) is 10.2 Å². The average molecular weight is 324 g/mol. The summed E-state index contributed by atoms with van der Waals surface area (Å²) in [6.45, 7) is 2.09. The largest absolute Gasteiger partial charge is 0.494 e. The van der Waals surface area contributed by atoms with Crippen LogP contribution >= 0.6 is 12.2 Å². The first kappa shape index (κ1) is 16.4. The van der Waals surface area contributed by atoms with Gasteiger partial charge in [0.05, 0.1) is 23.8 Å². The van der Waals surface area contributed by atoms with Crippen LogP contribution in [-0.4, -0.2) is 48.2 Å². The molecule has 1 aliphatic heterocycles. The summed E-state index contributed by atoms with van der Waals surface area (Å²) in [7, 11) is 3.58. The van der Waals surface area contributed by atoms with Crippen LogP contribution in [-0.2, 0) is 0 Å². The molecule has 0 aliphatic carbocycles. The lowest BCUT2D eigenvalue weighted by Gasteiger charge is -2.30. The molecule has 0 amide bonds. The molecule has 120 valence electrons. The number of methoxy groups -OCH3 is 1. The molecule has 0 saturated carbocycles. The Bertz CT molecular complexity index is 559. The van der Waals surface area contributed by atoms with Crippen LogP contribution in [0.3, 0.4) is 0 Å². The van der Waals surface area contributed by atoms with Gasteiger partial charge < -0.3 is 20.3 Å². The maximum absolute atomic E-state index is 10.8. The molecule has 2 rings (SSSR count). The van der Waals surface area contributed by atoms with Gasteiger partial charge in [0.1, 0.15) is 5.75 Å². The minimum atomic E-state index is -0.457. The number of piperidine rings is 1. The number of nitrogens with one attached hydrogen (secondary N) is 2. The summed E-state index contributed by atoms with van der Waals surface area (Å²) < 4.78 is 5.18. The number of hydrogen-bond acceptors (Lipinski definition) is 5. The molecule has 1 heterocycles. The van der Waals surface area contributed by atoms with Crippen LogP contribution in [0, 0.1) is 10.1 Å². The van der Waals surface area contributed by atoms with Gasteiger partial charge in [-0.2, -0.15) is 0 Å². The first-order valence-electron chi connectivity index (χ1n) is 7.08. The van der Waals surface area contributed by atoms with Gasteiger partial charge in [-0.15, -0.1) is 0 Å². The van der Waals surface area contributed by atoms with E-state index < -0.39 is 4.92 Å². The zero-order valence-corrected chi connectivity index (χ0v) is 13.5. The summed E-state index contributed by atoms with van der Waals surface area (Å²) >= 11 is 5.31. The fourth-order valence-electron chi connectivity index (χ4n) is 2.39. The molecule has 1 aromatic rings. The number of nitro groups is 1. The topological polar surface area (TPSA) is 79.7 Å². The first-order valence-corrected chi connectivity index (χ1v) is 7.49. The van der Waals surface area contributed by atoms with Gasteiger partial charge in [0, 0.05) is 12.1 Å². The Morgan fingerprint density at radius 2 is 2.14 bits per heavy atom. The summed E-state index contributed by atoms with van der Waals surface area (Å²) in [5.74, 6) is 0.390. The summed E-state index contributed by atoms with van der Waals surface area (Å²) in [4.78, 5) is 12.6. The van der Waals surface area contributed by atoms with Crippen LogP contribution in [0.1, 0.15) is 12.8 Å². The van der Waals surface area contributed by atoms with E-state index >= 15 is 0 Å². The minimum absolute atomic E-state index is 0.0170. The highest BCUT2D eigenvalue weighted by atomic mass is 32.1. The smallest absolute Gasteiger partial charge is 0.273 e. The van der Waals surface area contributed by atoms with Crippen molar-refractivity contribution in [3.63, 3.8) is 0 Å². The number of nitrogens with zero attached hydrogens (tertiary/aromatic N) is 2. The Labute approximate surface area is 134 Å². The van der Waals surface area contributed by atoms with E-state index in [9.17, 15) is 10.1 Å². The molecular weight excluding hydrogens is 304 g/mol. The number of hydrogen-bond donors (Lipinski definition) is 2. The van der Waals surface area contributed by atoms with Gasteiger partial charge in [-0.1, -0.05) is 0 Å². The van der Waals surface area contributed by atoms with Crippen molar-refractivity contribution in [2.24, 2.45) is 0 Å². The van der Waals surface area contributed by atoms with E-state index in [2.05, 4.69) is 22.6 Å². The number of nitro benzene ring substituents is 1. The zero-order valence-electron chi connectivity index (χ0n) is 12.7. The van der Waals surface area contributed by atoms with Crippen molar-refractivity contribution in [2.75, 3.05) is 32.6 Å². The molecule has 0 spiro atoms. The van der Waals surface area contributed by atoms with Crippen molar-refractivity contribution in [3.8, 4) is 5.75 Å². The van der Waals surface area contributed by atoms with E-state index in [1.54, 1.807) is 6.07 Å². The molecule has 0 radical (unpaired) electrons. The van der Waals surface area contributed by atoms with Gasteiger partial charge in [0.15, 0.2) is 5.11 Å². The monoisotopic (exact) mass is 324 g/mol. The average Bonchev–Trinajstić information content (AvgIpc) is 2.49. The number of benzene rings is 1. The number of ether oxygens (including phenoxy) is 1. The predicted octanol–water partition coefficient (Wildman–Crippen LogP) is 1.98. The van der Waals surface area contributed by atoms with Crippen molar-refractivity contribution >= 4 is 28.7 Å². The highest BCUT2D eigenvalue weighted by molar-refractivity contribution is 7.80. The molecular formula is C14H20N4O3S. The van der Waals surface area contributed by atoms with E-state index in [4.69, 9.17) is 17.0 Å². The summed E-state index contributed by atoms with van der Waals surface area (Å²) in [5.41, 5.74) is 0.593. The molecule has 22 heavy (non-hydrogen) atoms. The van der Waals surface area contributed by atoms with Crippen LogP contribution in [0.25, 0.3) is 0 Å². The van der Waals surface area contributed by atoms with Gasteiger partial charge in [-0.05, 0) is 51.3 Å².